The van der Waals surface area contributed by atoms with Gasteiger partial charge in [-0.1, -0.05) is 71.7 Å². The van der Waals surface area contributed by atoms with Gasteiger partial charge in [0.2, 0.25) is 0 Å². The van der Waals surface area contributed by atoms with Crippen LogP contribution in [0.3, 0.4) is 0 Å². The molecular formula is C19H14Cl2N2O. The number of nitrogens with two attached hydrogens (primary N) is 1. The maximum Gasteiger partial charge on any atom is 0.256 e. The van der Waals surface area contributed by atoms with Crippen molar-refractivity contribution in [2.45, 2.75) is 0 Å². The Kier molecular flexibility index (Phi) is 4.74. The molecule has 0 heterocycles. The smallest absolute Gasteiger partial charge is 0.256 e. The Hall–Kier alpha value is -2.49. The fraction of sp³-hybridized carbons (Fsp3) is 0. The van der Waals surface area contributed by atoms with E-state index in [0.717, 1.165) is 11.1 Å². The monoisotopic (exact) mass is 356 g/mol. The predicted molar refractivity (Wildman–Crippen MR) is 101 cm³/mol. The maximum atomic E-state index is 12.7. The highest BCUT2D eigenvalue weighted by Gasteiger charge is 2.14. The number of amides is 1. The predicted octanol–water partition coefficient (Wildman–Crippen LogP) is 5.49. The summed E-state index contributed by atoms with van der Waals surface area (Å²) in [7, 11) is 0. The number of nitrogens with one attached hydrogen (secondary N) is 1. The van der Waals surface area contributed by atoms with Gasteiger partial charge in [0.05, 0.1) is 15.7 Å². The molecule has 5 heteroatoms. The van der Waals surface area contributed by atoms with E-state index in [1.807, 2.05) is 48.5 Å². The standard InChI is InChI=1S/C19H14Cl2N2O/c20-16-10-13(11-17(21)18(16)22)23-19(24)15-9-5-4-8-14(15)12-6-2-1-3-7-12/h1-11H,22H2,(H,23,24). The van der Waals surface area contributed by atoms with Crippen molar-refractivity contribution in [1.29, 1.82) is 0 Å². The van der Waals surface area contributed by atoms with E-state index in [0.29, 0.717) is 27.0 Å². The number of benzene rings is 3. The van der Waals surface area contributed by atoms with Gasteiger partial charge < -0.3 is 11.1 Å². The van der Waals surface area contributed by atoms with Gasteiger partial charge >= 0.3 is 0 Å². The second kappa shape index (κ2) is 6.95. The second-order valence-corrected chi connectivity index (χ2v) is 6.03. The van der Waals surface area contributed by atoms with Crippen LogP contribution in [0, 0.1) is 0 Å². The first kappa shape index (κ1) is 16.4. The van der Waals surface area contributed by atoms with Crippen LogP contribution in [0.1, 0.15) is 10.4 Å². The molecule has 1 amide bonds. The number of carbonyl (C=O) groups excluding carboxylic acids is 1. The number of carbonyl (C=O) groups is 1. The first-order chi connectivity index (χ1) is 11.6. The van der Waals surface area contributed by atoms with Crippen LogP contribution in [0.15, 0.2) is 66.7 Å². The quantitative estimate of drug-likeness (QED) is 0.609. The average Bonchev–Trinajstić information content (AvgIpc) is 2.60. The molecule has 0 atom stereocenters. The van der Waals surface area contributed by atoms with Crippen LogP contribution in [0.25, 0.3) is 11.1 Å². The zero-order valence-corrected chi connectivity index (χ0v) is 14.1. The van der Waals surface area contributed by atoms with Crippen LogP contribution in [0.4, 0.5) is 11.4 Å². The minimum absolute atomic E-state index is 0.244. The van der Waals surface area contributed by atoms with Gasteiger partial charge in [0.15, 0.2) is 0 Å². The summed E-state index contributed by atoms with van der Waals surface area (Å²) in [5, 5.41) is 3.41. The van der Waals surface area contributed by atoms with Crippen LogP contribution in [-0.2, 0) is 0 Å². The van der Waals surface area contributed by atoms with Crippen molar-refractivity contribution in [1.82, 2.24) is 0 Å². The number of halogens is 2. The topological polar surface area (TPSA) is 55.1 Å². The molecule has 3 aromatic carbocycles. The summed E-state index contributed by atoms with van der Waals surface area (Å²) in [6.45, 7) is 0. The molecule has 120 valence electrons. The van der Waals surface area contributed by atoms with Gasteiger partial charge in [-0.25, -0.2) is 0 Å². The summed E-state index contributed by atoms with van der Waals surface area (Å²) < 4.78 is 0. The van der Waals surface area contributed by atoms with Crippen LogP contribution in [0.5, 0.6) is 0 Å². The third-order valence-corrected chi connectivity index (χ3v) is 4.22. The summed E-state index contributed by atoms with van der Waals surface area (Å²) in [6.07, 6.45) is 0. The molecule has 0 aromatic heterocycles. The molecule has 0 spiro atoms. The molecule has 0 radical (unpaired) electrons. The molecule has 0 aliphatic heterocycles. The van der Waals surface area contributed by atoms with Crippen molar-refractivity contribution >= 4 is 40.5 Å². The Labute approximate surface area is 150 Å². The van der Waals surface area contributed by atoms with Gasteiger partial charge in [0.1, 0.15) is 0 Å². The molecule has 0 aliphatic rings. The van der Waals surface area contributed by atoms with E-state index in [1.54, 1.807) is 18.2 Å². The summed E-state index contributed by atoms with van der Waals surface area (Å²) >= 11 is 12.0. The van der Waals surface area contributed by atoms with Crippen molar-refractivity contribution in [2.24, 2.45) is 0 Å². The van der Waals surface area contributed by atoms with Gasteiger partial charge in [-0.05, 0) is 29.3 Å². The van der Waals surface area contributed by atoms with E-state index in [9.17, 15) is 4.79 Å². The first-order valence-electron chi connectivity index (χ1n) is 7.26. The van der Waals surface area contributed by atoms with Crippen LogP contribution < -0.4 is 11.1 Å². The SMILES string of the molecule is Nc1c(Cl)cc(NC(=O)c2ccccc2-c2ccccc2)cc1Cl. The molecule has 0 unspecified atom stereocenters. The van der Waals surface area contributed by atoms with E-state index >= 15 is 0 Å². The molecule has 0 bridgehead atoms. The summed E-state index contributed by atoms with van der Waals surface area (Å²) in [6, 6.07) is 20.3. The van der Waals surface area contributed by atoms with Crippen molar-refractivity contribution in [3.8, 4) is 11.1 Å². The fourth-order valence-corrected chi connectivity index (χ4v) is 2.89. The summed E-state index contributed by atoms with van der Waals surface area (Å²) in [5.74, 6) is -0.244. The Balaban J connectivity index is 1.94. The van der Waals surface area contributed by atoms with E-state index in [2.05, 4.69) is 5.32 Å². The lowest BCUT2D eigenvalue weighted by atomic mass is 9.99. The minimum Gasteiger partial charge on any atom is -0.396 e. The van der Waals surface area contributed by atoms with Gasteiger partial charge in [0, 0.05) is 11.3 Å². The maximum absolute atomic E-state index is 12.7. The van der Waals surface area contributed by atoms with Crippen LogP contribution in [0.2, 0.25) is 10.0 Å². The highest BCUT2D eigenvalue weighted by atomic mass is 35.5. The molecule has 3 N–H and O–H groups in total. The van der Waals surface area contributed by atoms with Gasteiger partial charge in [-0.15, -0.1) is 0 Å². The fourth-order valence-electron chi connectivity index (χ4n) is 2.41. The van der Waals surface area contributed by atoms with Gasteiger partial charge in [-0.2, -0.15) is 0 Å². The molecular weight excluding hydrogens is 343 g/mol. The highest BCUT2D eigenvalue weighted by molar-refractivity contribution is 6.39. The van der Waals surface area contributed by atoms with E-state index < -0.39 is 0 Å². The third-order valence-electron chi connectivity index (χ3n) is 3.59. The van der Waals surface area contributed by atoms with Crippen molar-refractivity contribution in [3.63, 3.8) is 0 Å². The van der Waals surface area contributed by atoms with E-state index in [-0.39, 0.29) is 5.91 Å². The summed E-state index contributed by atoms with van der Waals surface area (Å²) in [4.78, 5) is 12.7. The van der Waals surface area contributed by atoms with E-state index in [4.69, 9.17) is 28.9 Å². The summed E-state index contributed by atoms with van der Waals surface area (Å²) in [5.41, 5.74) is 8.88. The first-order valence-corrected chi connectivity index (χ1v) is 8.02. The molecule has 0 aliphatic carbocycles. The Bertz CT molecular complexity index is 872. The van der Waals surface area contributed by atoms with Crippen LogP contribution in [-0.4, -0.2) is 5.91 Å². The lowest BCUT2D eigenvalue weighted by molar-refractivity contribution is 0.102. The largest absolute Gasteiger partial charge is 0.396 e. The minimum atomic E-state index is -0.244. The van der Waals surface area contributed by atoms with Gasteiger partial charge in [-0.3, -0.25) is 4.79 Å². The molecule has 24 heavy (non-hydrogen) atoms. The normalized spacial score (nSPS) is 10.4. The molecule has 0 saturated carbocycles. The average molecular weight is 357 g/mol. The number of anilines is 2. The Morgan fingerprint density at radius 3 is 2.12 bits per heavy atom. The molecule has 3 rings (SSSR count). The zero-order chi connectivity index (χ0) is 17.1. The number of hydrogen-bond donors (Lipinski definition) is 2. The molecule has 3 aromatic rings. The Morgan fingerprint density at radius 2 is 1.46 bits per heavy atom. The number of nitrogen functional groups attached to an aromatic ring is 1. The third kappa shape index (κ3) is 3.37. The number of hydrogen-bond acceptors (Lipinski definition) is 2. The zero-order valence-electron chi connectivity index (χ0n) is 12.6. The lowest BCUT2D eigenvalue weighted by Gasteiger charge is -2.12. The van der Waals surface area contributed by atoms with Crippen molar-refractivity contribution in [2.75, 3.05) is 11.1 Å². The highest BCUT2D eigenvalue weighted by Crippen LogP contribution is 2.32. The number of rotatable bonds is 3. The van der Waals surface area contributed by atoms with Crippen molar-refractivity contribution in [3.05, 3.63) is 82.3 Å². The van der Waals surface area contributed by atoms with Crippen LogP contribution >= 0.6 is 23.2 Å². The molecule has 0 saturated heterocycles. The van der Waals surface area contributed by atoms with E-state index in [1.165, 1.54) is 0 Å². The van der Waals surface area contributed by atoms with Crippen molar-refractivity contribution < 1.29 is 4.79 Å². The lowest BCUT2D eigenvalue weighted by Crippen LogP contribution is -2.13. The second-order valence-electron chi connectivity index (χ2n) is 5.22. The molecule has 3 nitrogen and oxygen atoms in total. The Morgan fingerprint density at radius 1 is 0.875 bits per heavy atom. The van der Waals surface area contributed by atoms with Gasteiger partial charge in [0.25, 0.3) is 5.91 Å². The molecule has 0 fully saturated rings.